The number of nitrogens with one attached hydrogen (secondary N) is 1. The molecule has 0 unspecified atom stereocenters. The van der Waals surface area contributed by atoms with Gasteiger partial charge in [0.15, 0.2) is 17.1 Å². The minimum absolute atomic E-state index is 0.0336. The van der Waals surface area contributed by atoms with Crippen molar-refractivity contribution in [1.82, 2.24) is 20.1 Å². The van der Waals surface area contributed by atoms with Crippen molar-refractivity contribution in [2.24, 2.45) is 0 Å². The Balaban J connectivity index is 1.98. The molecule has 0 radical (unpaired) electrons. The van der Waals surface area contributed by atoms with E-state index in [1.54, 1.807) is 19.1 Å². The van der Waals surface area contributed by atoms with Gasteiger partial charge in [-0.2, -0.15) is 0 Å². The largest absolute Gasteiger partial charge is 0.452 e. The standard InChI is InChI=1S/C19H25ClN4O3S/c1-6-24-16(13-7-9-14(20)10-8-13)22-23-18(24)28-11-15(25)27-12(2)17(26)21-19(3,4)5/h7-10,12H,6,11H2,1-5H3,(H,21,26)/t12-/m0/s1. The van der Waals surface area contributed by atoms with Crippen LogP contribution in [0.25, 0.3) is 11.4 Å². The first kappa shape index (κ1) is 22.2. The highest BCUT2D eigenvalue weighted by Crippen LogP contribution is 2.25. The van der Waals surface area contributed by atoms with E-state index in [0.717, 1.165) is 5.56 Å². The molecule has 0 aliphatic rings. The molecule has 0 saturated carbocycles. The first-order chi connectivity index (χ1) is 13.1. The van der Waals surface area contributed by atoms with Crippen LogP contribution in [-0.2, 0) is 20.9 Å². The number of aromatic nitrogens is 3. The maximum absolute atomic E-state index is 12.1. The first-order valence-corrected chi connectivity index (χ1v) is 10.3. The third kappa shape index (κ3) is 6.24. The Morgan fingerprint density at radius 3 is 2.46 bits per heavy atom. The van der Waals surface area contributed by atoms with Crippen molar-refractivity contribution in [2.45, 2.75) is 58.0 Å². The fourth-order valence-corrected chi connectivity index (χ4v) is 3.28. The van der Waals surface area contributed by atoms with Crippen LogP contribution in [0.4, 0.5) is 0 Å². The summed E-state index contributed by atoms with van der Waals surface area (Å²) in [6, 6.07) is 7.33. The molecule has 152 valence electrons. The Hall–Kier alpha value is -2.06. The van der Waals surface area contributed by atoms with Crippen LogP contribution in [0, 0.1) is 0 Å². The predicted octanol–water partition coefficient (Wildman–Crippen LogP) is 3.56. The monoisotopic (exact) mass is 424 g/mol. The first-order valence-electron chi connectivity index (χ1n) is 8.94. The Kier molecular flexibility index (Phi) is 7.48. The summed E-state index contributed by atoms with van der Waals surface area (Å²) in [6.07, 6.45) is -0.860. The summed E-state index contributed by atoms with van der Waals surface area (Å²) in [6.45, 7) is 9.77. The van der Waals surface area contributed by atoms with Crippen molar-refractivity contribution < 1.29 is 14.3 Å². The lowest BCUT2D eigenvalue weighted by atomic mass is 10.1. The molecule has 1 atom stereocenters. The highest BCUT2D eigenvalue weighted by molar-refractivity contribution is 7.99. The lowest BCUT2D eigenvalue weighted by molar-refractivity contribution is -0.152. The molecule has 1 heterocycles. The highest BCUT2D eigenvalue weighted by Gasteiger charge is 2.23. The van der Waals surface area contributed by atoms with E-state index in [0.29, 0.717) is 22.5 Å². The number of carbonyl (C=O) groups is 2. The van der Waals surface area contributed by atoms with E-state index in [9.17, 15) is 9.59 Å². The Morgan fingerprint density at radius 1 is 1.25 bits per heavy atom. The molecule has 1 amide bonds. The van der Waals surface area contributed by atoms with Gasteiger partial charge in [-0.05, 0) is 58.9 Å². The van der Waals surface area contributed by atoms with Gasteiger partial charge in [-0.15, -0.1) is 10.2 Å². The highest BCUT2D eigenvalue weighted by atomic mass is 35.5. The molecular weight excluding hydrogens is 400 g/mol. The van der Waals surface area contributed by atoms with Crippen molar-refractivity contribution >= 4 is 35.2 Å². The van der Waals surface area contributed by atoms with E-state index < -0.39 is 12.1 Å². The van der Waals surface area contributed by atoms with Gasteiger partial charge in [-0.1, -0.05) is 23.4 Å². The van der Waals surface area contributed by atoms with Crippen LogP contribution in [0.3, 0.4) is 0 Å². The van der Waals surface area contributed by atoms with Gasteiger partial charge in [0.25, 0.3) is 5.91 Å². The topological polar surface area (TPSA) is 86.1 Å². The second kappa shape index (κ2) is 9.43. The molecule has 2 aromatic rings. The number of carbonyl (C=O) groups excluding carboxylic acids is 2. The van der Waals surface area contributed by atoms with Gasteiger partial charge >= 0.3 is 5.97 Å². The molecule has 28 heavy (non-hydrogen) atoms. The maximum atomic E-state index is 12.1. The predicted molar refractivity (Wildman–Crippen MR) is 110 cm³/mol. The minimum Gasteiger partial charge on any atom is -0.452 e. The third-order valence-corrected chi connectivity index (χ3v) is 4.82. The second-order valence-electron chi connectivity index (χ2n) is 7.22. The molecule has 1 aromatic carbocycles. The van der Waals surface area contributed by atoms with Crippen molar-refractivity contribution in [3.8, 4) is 11.4 Å². The number of halogens is 1. The molecule has 1 aromatic heterocycles. The van der Waals surface area contributed by atoms with E-state index in [1.165, 1.54) is 11.8 Å². The summed E-state index contributed by atoms with van der Waals surface area (Å²) < 4.78 is 7.13. The van der Waals surface area contributed by atoms with Gasteiger partial charge in [0.2, 0.25) is 0 Å². The van der Waals surface area contributed by atoms with Gasteiger partial charge in [-0.25, -0.2) is 0 Å². The Morgan fingerprint density at radius 2 is 1.89 bits per heavy atom. The Labute approximate surface area is 174 Å². The van der Waals surface area contributed by atoms with Gasteiger partial charge in [0.1, 0.15) is 0 Å². The third-order valence-electron chi connectivity index (χ3n) is 3.63. The van der Waals surface area contributed by atoms with E-state index in [-0.39, 0.29) is 17.2 Å². The lowest BCUT2D eigenvalue weighted by Gasteiger charge is -2.23. The number of hydrogen-bond acceptors (Lipinski definition) is 6. The number of hydrogen-bond donors (Lipinski definition) is 1. The number of benzene rings is 1. The molecule has 2 rings (SSSR count). The van der Waals surface area contributed by atoms with E-state index in [1.807, 2.05) is 44.4 Å². The average Bonchev–Trinajstić information content (AvgIpc) is 3.02. The molecule has 0 aliphatic carbocycles. The number of nitrogens with zero attached hydrogens (tertiary/aromatic N) is 3. The van der Waals surface area contributed by atoms with Crippen LogP contribution in [0.15, 0.2) is 29.4 Å². The summed E-state index contributed by atoms with van der Waals surface area (Å²) in [4.78, 5) is 24.1. The summed E-state index contributed by atoms with van der Waals surface area (Å²) >= 11 is 7.16. The van der Waals surface area contributed by atoms with Gasteiger partial charge in [0.05, 0.1) is 5.75 Å². The normalized spacial score (nSPS) is 12.5. The Bertz CT molecular complexity index is 831. The number of thioether (sulfide) groups is 1. The van der Waals surface area contributed by atoms with E-state index in [4.69, 9.17) is 16.3 Å². The molecular formula is C19H25ClN4O3S. The summed E-state index contributed by atoms with van der Waals surface area (Å²) in [5.41, 5.74) is 0.503. The fourth-order valence-electron chi connectivity index (χ4n) is 2.37. The zero-order valence-corrected chi connectivity index (χ0v) is 18.2. The molecule has 0 saturated heterocycles. The number of amides is 1. The van der Waals surface area contributed by atoms with Gasteiger partial charge in [0, 0.05) is 22.7 Å². The quantitative estimate of drug-likeness (QED) is 0.540. The van der Waals surface area contributed by atoms with Crippen LogP contribution >= 0.6 is 23.4 Å². The number of rotatable bonds is 7. The van der Waals surface area contributed by atoms with E-state index >= 15 is 0 Å². The fraction of sp³-hybridized carbons (Fsp3) is 0.474. The van der Waals surface area contributed by atoms with E-state index in [2.05, 4.69) is 15.5 Å². The molecule has 0 aliphatic heterocycles. The summed E-state index contributed by atoms with van der Waals surface area (Å²) in [5, 5.41) is 12.4. The second-order valence-corrected chi connectivity index (χ2v) is 8.60. The van der Waals surface area contributed by atoms with Crippen LogP contribution < -0.4 is 5.32 Å². The van der Waals surface area contributed by atoms with Crippen LogP contribution in [0.2, 0.25) is 5.02 Å². The van der Waals surface area contributed by atoms with Gasteiger partial charge in [-0.3, -0.25) is 9.59 Å². The van der Waals surface area contributed by atoms with Crippen LogP contribution in [0.5, 0.6) is 0 Å². The molecule has 9 heteroatoms. The molecule has 0 fully saturated rings. The SMILES string of the molecule is CCn1c(SCC(=O)O[C@@H](C)C(=O)NC(C)(C)C)nnc1-c1ccc(Cl)cc1. The minimum atomic E-state index is -0.860. The number of esters is 1. The summed E-state index contributed by atoms with van der Waals surface area (Å²) in [5.74, 6) is -0.0767. The molecule has 0 spiro atoms. The van der Waals surface area contributed by atoms with Crippen molar-refractivity contribution in [3.63, 3.8) is 0 Å². The van der Waals surface area contributed by atoms with Crippen molar-refractivity contribution in [3.05, 3.63) is 29.3 Å². The molecule has 0 bridgehead atoms. The van der Waals surface area contributed by atoms with Crippen molar-refractivity contribution in [1.29, 1.82) is 0 Å². The van der Waals surface area contributed by atoms with Crippen LogP contribution in [-0.4, -0.2) is 44.0 Å². The maximum Gasteiger partial charge on any atom is 0.317 e. The zero-order valence-electron chi connectivity index (χ0n) is 16.7. The smallest absolute Gasteiger partial charge is 0.317 e. The molecule has 7 nitrogen and oxygen atoms in total. The van der Waals surface area contributed by atoms with Crippen molar-refractivity contribution in [2.75, 3.05) is 5.75 Å². The lowest BCUT2D eigenvalue weighted by Crippen LogP contribution is -2.46. The average molecular weight is 425 g/mol. The van der Waals surface area contributed by atoms with Gasteiger partial charge < -0.3 is 14.6 Å². The summed E-state index contributed by atoms with van der Waals surface area (Å²) in [7, 11) is 0. The van der Waals surface area contributed by atoms with Crippen LogP contribution in [0.1, 0.15) is 34.6 Å². The zero-order chi connectivity index (χ0) is 20.9. The number of ether oxygens (including phenoxy) is 1. The molecule has 1 N–H and O–H groups in total.